The van der Waals surface area contributed by atoms with E-state index >= 15 is 0 Å². The molecular weight excluding hydrogens is 432 g/mol. The molecule has 2 heterocycles. The van der Waals surface area contributed by atoms with Gasteiger partial charge in [-0.25, -0.2) is 4.98 Å². The standard InChI is InChI=1S/C25H36N6O3/c1-5-6-10-25(2,16-32)30-22-19-8-7-17(14-21(19)28-24(26)29-22)18-9-11-27-23(33)20(18)15-31(3)12-13-34-4/h7-9,11,14,32H,5-6,10,12-13,15-16H2,1-4H3,(H,27,33)(H3,26,28,29,30)/t25-/m1/s1. The lowest BCUT2D eigenvalue weighted by molar-refractivity contribution is 0.158. The third kappa shape index (κ3) is 6.11. The number of fused-ring (bicyclic) bond motifs is 1. The Hall–Kier alpha value is -3.01. The number of pyridine rings is 1. The number of anilines is 2. The Morgan fingerprint density at radius 1 is 1.29 bits per heavy atom. The summed E-state index contributed by atoms with van der Waals surface area (Å²) in [7, 11) is 3.62. The van der Waals surface area contributed by atoms with Crippen molar-refractivity contribution in [3.63, 3.8) is 0 Å². The van der Waals surface area contributed by atoms with E-state index in [4.69, 9.17) is 10.5 Å². The van der Waals surface area contributed by atoms with Crippen LogP contribution in [0.25, 0.3) is 22.0 Å². The van der Waals surface area contributed by atoms with Crippen molar-refractivity contribution in [1.82, 2.24) is 19.9 Å². The van der Waals surface area contributed by atoms with Gasteiger partial charge < -0.3 is 25.9 Å². The molecule has 0 saturated carbocycles. The molecule has 0 amide bonds. The summed E-state index contributed by atoms with van der Waals surface area (Å²) in [5.41, 5.74) is 8.45. The number of unbranched alkanes of at least 4 members (excludes halogenated alkanes) is 1. The molecule has 1 aromatic carbocycles. The molecule has 0 radical (unpaired) electrons. The first-order chi connectivity index (χ1) is 16.3. The molecule has 0 unspecified atom stereocenters. The Balaban J connectivity index is 2.01. The quantitative estimate of drug-likeness (QED) is 0.319. The van der Waals surface area contributed by atoms with Crippen LogP contribution in [-0.2, 0) is 11.3 Å². The van der Waals surface area contributed by atoms with Gasteiger partial charge in [0.1, 0.15) is 5.82 Å². The first kappa shape index (κ1) is 25.6. The number of benzene rings is 1. The molecule has 3 aromatic rings. The second-order valence-electron chi connectivity index (χ2n) is 9.04. The Labute approximate surface area is 200 Å². The van der Waals surface area contributed by atoms with Gasteiger partial charge in [-0.1, -0.05) is 25.8 Å². The lowest BCUT2D eigenvalue weighted by Gasteiger charge is -2.30. The molecule has 0 aliphatic heterocycles. The van der Waals surface area contributed by atoms with Crippen LogP contribution in [0.2, 0.25) is 0 Å². The summed E-state index contributed by atoms with van der Waals surface area (Å²) in [6.07, 6.45) is 4.47. The Morgan fingerprint density at radius 3 is 2.79 bits per heavy atom. The number of rotatable bonds is 12. The van der Waals surface area contributed by atoms with Gasteiger partial charge in [0, 0.05) is 37.3 Å². The van der Waals surface area contributed by atoms with Crippen molar-refractivity contribution < 1.29 is 9.84 Å². The molecule has 0 aliphatic carbocycles. The number of aliphatic hydroxyl groups is 1. The number of aromatic amines is 1. The smallest absolute Gasteiger partial charge is 0.253 e. The van der Waals surface area contributed by atoms with Crippen LogP contribution in [0.15, 0.2) is 35.3 Å². The van der Waals surface area contributed by atoms with E-state index in [2.05, 4.69) is 27.2 Å². The zero-order valence-electron chi connectivity index (χ0n) is 20.5. The second kappa shape index (κ2) is 11.4. The molecule has 9 nitrogen and oxygen atoms in total. The molecule has 184 valence electrons. The van der Waals surface area contributed by atoms with Crippen LogP contribution >= 0.6 is 0 Å². The summed E-state index contributed by atoms with van der Waals surface area (Å²) < 4.78 is 5.15. The summed E-state index contributed by atoms with van der Waals surface area (Å²) in [6.45, 7) is 5.85. The molecule has 0 spiro atoms. The lowest BCUT2D eigenvalue weighted by atomic mass is 9.95. The molecule has 0 bridgehead atoms. The summed E-state index contributed by atoms with van der Waals surface area (Å²) in [4.78, 5) is 26.4. The molecule has 0 fully saturated rings. The number of H-pyrrole nitrogens is 1. The summed E-state index contributed by atoms with van der Waals surface area (Å²) in [6, 6.07) is 7.72. The van der Waals surface area contributed by atoms with E-state index in [1.54, 1.807) is 13.3 Å². The number of ether oxygens (including phenoxy) is 1. The highest BCUT2D eigenvalue weighted by Crippen LogP contribution is 2.31. The highest BCUT2D eigenvalue weighted by molar-refractivity contribution is 5.93. The summed E-state index contributed by atoms with van der Waals surface area (Å²) in [5, 5.41) is 14.2. The number of hydrogen-bond donors (Lipinski definition) is 4. The number of nitrogens with two attached hydrogens (primary N) is 1. The highest BCUT2D eigenvalue weighted by atomic mass is 16.5. The fourth-order valence-electron chi connectivity index (χ4n) is 3.98. The van der Waals surface area contributed by atoms with Crippen LogP contribution in [0, 0.1) is 0 Å². The summed E-state index contributed by atoms with van der Waals surface area (Å²) >= 11 is 0. The monoisotopic (exact) mass is 468 g/mol. The summed E-state index contributed by atoms with van der Waals surface area (Å²) in [5.74, 6) is 0.737. The minimum atomic E-state index is -0.519. The van der Waals surface area contributed by atoms with E-state index in [1.807, 2.05) is 43.1 Å². The Kier molecular flexibility index (Phi) is 8.60. The number of hydrogen-bond acceptors (Lipinski definition) is 8. The van der Waals surface area contributed by atoms with E-state index in [9.17, 15) is 9.90 Å². The minimum absolute atomic E-state index is 0.0246. The van der Waals surface area contributed by atoms with E-state index in [0.29, 0.717) is 36.6 Å². The van der Waals surface area contributed by atoms with Crippen molar-refractivity contribution >= 4 is 22.7 Å². The van der Waals surface area contributed by atoms with Gasteiger partial charge in [0.15, 0.2) is 0 Å². The average Bonchev–Trinajstić information content (AvgIpc) is 2.82. The number of aromatic nitrogens is 3. The molecular formula is C25H36N6O3. The predicted octanol–water partition coefficient (Wildman–Crippen LogP) is 3.00. The van der Waals surface area contributed by atoms with Gasteiger partial charge in [-0.3, -0.25) is 9.69 Å². The lowest BCUT2D eigenvalue weighted by Crippen LogP contribution is -2.39. The van der Waals surface area contributed by atoms with E-state index < -0.39 is 5.54 Å². The van der Waals surface area contributed by atoms with Crippen molar-refractivity contribution in [2.75, 3.05) is 45.0 Å². The zero-order valence-corrected chi connectivity index (χ0v) is 20.5. The normalized spacial score (nSPS) is 13.4. The maximum absolute atomic E-state index is 12.7. The molecule has 1 atom stereocenters. The number of nitrogens with one attached hydrogen (secondary N) is 2. The van der Waals surface area contributed by atoms with Gasteiger partial charge in [0.25, 0.3) is 5.56 Å². The van der Waals surface area contributed by atoms with Crippen molar-refractivity contribution in [2.45, 2.75) is 45.2 Å². The topological polar surface area (TPSA) is 129 Å². The number of methoxy groups -OCH3 is 1. The Morgan fingerprint density at radius 2 is 2.09 bits per heavy atom. The van der Waals surface area contributed by atoms with Gasteiger partial charge in [-0.2, -0.15) is 4.98 Å². The van der Waals surface area contributed by atoms with Gasteiger partial charge in [-0.05, 0) is 49.7 Å². The number of nitrogen functional groups attached to an aromatic ring is 1. The van der Waals surface area contributed by atoms with Crippen molar-refractivity contribution in [2.24, 2.45) is 0 Å². The molecule has 0 aliphatic rings. The van der Waals surface area contributed by atoms with Crippen LogP contribution in [0.4, 0.5) is 11.8 Å². The average molecular weight is 469 g/mol. The van der Waals surface area contributed by atoms with Gasteiger partial charge in [-0.15, -0.1) is 0 Å². The predicted molar refractivity (Wildman–Crippen MR) is 137 cm³/mol. The fraction of sp³-hybridized carbons (Fsp3) is 0.480. The third-order valence-electron chi connectivity index (χ3n) is 6.05. The largest absolute Gasteiger partial charge is 0.394 e. The van der Waals surface area contributed by atoms with Gasteiger partial charge in [0.2, 0.25) is 5.95 Å². The van der Waals surface area contributed by atoms with Crippen LogP contribution in [0.1, 0.15) is 38.7 Å². The van der Waals surface area contributed by atoms with Crippen LogP contribution in [0.3, 0.4) is 0 Å². The number of nitrogens with zero attached hydrogens (tertiary/aromatic N) is 3. The minimum Gasteiger partial charge on any atom is -0.394 e. The van der Waals surface area contributed by atoms with Crippen LogP contribution < -0.4 is 16.6 Å². The number of aliphatic hydroxyl groups excluding tert-OH is 1. The van der Waals surface area contributed by atoms with E-state index in [1.165, 1.54) is 0 Å². The first-order valence-electron chi connectivity index (χ1n) is 11.6. The zero-order chi connectivity index (χ0) is 24.7. The van der Waals surface area contributed by atoms with Gasteiger partial charge in [0.05, 0.1) is 24.3 Å². The maximum Gasteiger partial charge on any atom is 0.253 e. The molecule has 2 aromatic heterocycles. The Bertz CT molecular complexity index is 1170. The van der Waals surface area contributed by atoms with Crippen LogP contribution in [0.5, 0.6) is 0 Å². The molecule has 3 rings (SSSR count). The SMILES string of the molecule is CCCC[C@](C)(CO)Nc1nc(N)nc2cc(-c3cc[nH]c(=O)c3CN(C)CCOC)ccc12. The molecule has 9 heteroatoms. The maximum atomic E-state index is 12.7. The number of likely N-dealkylation sites (N-methyl/N-ethyl adjacent to an activating group) is 1. The van der Waals surface area contributed by atoms with Crippen molar-refractivity contribution in [3.05, 3.63) is 46.4 Å². The van der Waals surface area contributed by atoms with Crippen LogP contribution in [-0.4, -0.2) is 64.4 Å². The van der Waals surface area contributed by atoms with Crippen molar-refractivity contribution in [1.29, 1.82) is 0 Å². The first-order valence-corrected chi connectivity index (χ1v) is 11.6. The fourth-order valence-corrected chi connectivity index (χ4v) is 3.98. The molecule has 34 heavy (non-hydrogen) atoms. The molecule has 5 N–H and O–H groups in total. The highest BCUT2D eigenvalue weighted by Gasteiger charge is 2.24. The third-order valence-corrected chi connectivity index (χ3v) is 6.05. The van der Waals surface area contributed by atoms with Gasteiger partial charge >= 0.3 is 0 Å². The van der Waals surface area contributed by atoms with E-state index in [-0.39, 0.29) is 18.1 Å². The van der Waals surface area contributed by atoms with E-state index in [0.717, 1.165) is 35.8 Å². The second-order valence-corrected chi connectivity index (χ2v) is 9.04. The van der Waals surface area contributed by atoms with Crippen molar-refractivity contribution in [3.8, 4) is 11.1 Å². The molecule has 0 saturated heterocycles.